The number of aromatic amines is 1. The maximum absolute atomic E-state index is 12.4. The van der Waals surface area contributed by atoms with E-state index in [4.69, 9.17) is 0 Å². The van der Waals surface area contributed by atoms with Gasteiger partial charge in [-0.2, -0.15) is 0 Å². The third kappa shape index (κ3) is 4.53. The Kier molecular flexibility index (Phi) is 6.11. The van der Waals surface area contributed by atoms with Crippen LogP contribution in [0.25, 0.3) is 11.4 Å². The molecule has 2 N–H and O–H groups in total. The van der Waals surface area contributed by atoms with Crippen LogP contribution in [0.2, 0.25) is 0 Å². The molecule has 0 aliphatic heterocycles. The normalized spacial score (nSPS) is 12.0. The number of rotatable bonds is 6. The molecule has 0 radical (unpaired) electrons. The second-order valence-electron chi connectivity index (χ2n) is 5.75. The van der Waals surface area contributed by atoms with Crippen molar-refractivity contribution in [1.82, 2.24) is 15.2 Å². The molecule has 5 nitrogen and oxygen atoms in total. The molecule has 3 rings (SSSR count). The lowest BCUT2D eigenvalue weighted by atomic mass is 10.1. The number of hydrogen-bond donors (Lipinski definition) is 2. The fourth-order valence-corrected chi connectivity index (χ4v) is 3.55. The zero-order valence-corrected chi connectivity index (χ0v) is 16.9. The number of halogens is 1. The topological polar surface area (TPSA) is 70.7 Å². The fraction of sp³-hybridized carbons (Fsp3) is 0.211. The Labute approximate surface area is 165 Å². The first-order valence-corrected chi connectivity index (χ1v) is 9.98. The number of anilines is 1. The van der Waals surface area contributed by atoms with Crippen LogP contribution in [0.5, 0.6) is 0 Å². The Bertz CT molecular complexity index is 895. The van der Waals surface area contributed by atoms with Crippen molar-refractivity contribution in [3.05, 3.63) is 58.6 Å². The van der Waals surface area contributed by atoms with Crippen molar-refractivity contribution < 1.29 is 4.79 Å². The number of nitrogens with zero attached hydrogens (tertiary/aromatic N) is 2. The highest BCUT2D eigenvalue weighted by molar-refractivity contribution is 9.10. The molecule has 0 fully saturated rings. The van der Waals surface area contributed by atoms with Crippen LogP contribution in [0, 0.1) is 0 Å². The molecule has 1 amide bonds. The molecule has 0 spiro atoms. The third-order valence-corrected chi connectivity index (χ3v) is 5.53. The van der Waals surface area contributed by atoms with Crippen molar-refractivity contribution in [2.45, 2.75) is 30.7 Å². The lowest BCUT2D eigenvalue weighted by Crippen LogP contribution is -2.22. The van der Waals surface area contributed by atoms with E-state index in [1.165, 1.54) is 17.3 Å². The highest BCUT2D eigenvalue weighted by atomic mass is 79.9. The van der Waals surface area contributed by atoms with E-state index >= 15 is 0 Å². The van der Waals surface area contributed by atoms with Crippen LogP contribution >= 0.6 is 27.7 Å². The van der Waals surface area contributed by atoms with Gasteiger partial charge in [-0.1, -0.05) is 64.9 Å². The molecule has 2 aromatic carbocycles. The number of amides is 1. The molecule has 0 bridgehead atoms. The average Bonchev–Trinajstić information content (AvgIpc) is 3.11. The molecule has 134 valence electrons. The fourth-order valence-electron chi connectivity index (χ4n) is 2.35. The van der Waals surface area contributed by atoms with Crippen LogP contribution in [-0.4, -0.2) is 26.3 Å². The van der Waals surface area contributed by atoms with E-state index in [1.807, 2.05) is 55.5 Å². The van der Waals surface area contributed by atoms with E-state index in [0.29, 0.717) is 11.0 Å². The van der Waals surface area contributed by atoms with Crippen molar-refractivity contribution in [1.29, 1.82) is 0 Å². The van der Waals surface area contributed by atoms with E-state index in [0.717, 1.165) is 22.1 Å². The van der Waals surface area contributed by atoms with Crippen LogP contribution in [0.4, 0.5) is 5.69 Å². The van der Waals surface area contributed by atoms with Crippen LogP contribution in [-0.2, 0) is 11.2 Å². The number of hydrogen-bond acceptors (Lipinski definition) is 4. The summed E-state index contributed by atoms with van der Waals surface area (Å²) >= 11 is 4.82. The van der Waals surface area contributed by atoms with Gasteiger partial charge in [-0.25, -0.2) is 4.98 Å². The van der Waals surface area contributed by atoms with Crippen molar-refractivity contribution >= 4 is 39.3 Å². The summed E-state index contributed by atoms with van der Waals surface area (Å²) in [5.41, 5.74) is 2.97. The van der Waals surface area contributed by atoms with E-state index in [9.17, 15) is 4.79 Å². The number of benzene rings is 2. The van der Waals surface area contributed by atoms with Gasteiger partial charge in [-0.05, 0) is 37.1 Å². The first kappa shape index (κ1) is 18.7. The van der Waals surface area contributed by atoms with Gasteiger partial charge >= 0.3 is 0 Å². The Morgan fingerprint density at radius 1 is 1.23 bits per heavy atom. The maximum atomic E-state index is 12.4. The minimum atomic E-state index is -0.316. The molecule has 1 aromatic heterocycles. The summed E-state index contributed by atoms with van der Waals surface area (Å²) in [5, 5.41) is 10.3. The van der Waals surface area contributed by atoms with Gasteiger partial charge in [0.15, 0.2) is 5.82 Å². The van der Waals surface area contributed by atoms with Gasteiger partial charge in [0.05, 0.1) is 5.25 Å². The minimum Gasteiger partial charge on any atom is -0.325 e. The Hall–Kier alpha value is -2.12. The minimum absolute atomic E-state index is 0.0773. The largest absolute Gasteiger partial charge is 0.325 e. The summed E-state index contributed by atoms with van der Waals surface area (Å²) < 4.78 is 0.939. The molecular weight excluding hydrogens is 412 g/mol. The quantitative estimate of drug-likeness (QED) is 0.544. The highest BCUT2D eigenvalue weighted by Crippen LogP contribution is 2.28. The van der Waals surface area contributed by atoms with Crippen molar-refractivity contribution in [3.63, 3.8) is 0 Å². The van der Waals surface area contributed by atoms with Gasteiger partial charge in [-0.15, -0.1) is 5.10 Å². The molecule has 0 aliphatic rings. The monoisotopic (exact) mass is 430 g/mol. The summed E-state index contributed by atoms with van der Waals surface area (Å²) in [6.07, 6.45) is 0.977. The standard InChI is InChI=1S/C19H19BrN4OS/c1-3-13-8-10-14(11-9-13)21-18(25)12(2)26-19-22-17(23-24-19)15-6-4-5-7-16(15)20/h4-12H,3H2,1-2H3,(H,21,25)(H,22,23,24). The van der Waals surface area contributed by atoms with Gasteiger partial charge in [0.25, 0.3) is 0 Å². The summed E-state index contributed by atoms with van der Waals surface area (Å²) in [6.45, 7) is 3.94. The third-order valence-electron chi connectivity index (χ3n) is 3.88. The van der Waals surface area contributed by atoms with Crippen LogP contribution in [0.1, 0.15) is 19.4 Å². The Morgan fingerprint density at radius 3 is 2.65 bits per heavy atom. The number of carbonyl (C=O) groups excluding carboxylic acids is 1. The molecule has 26 heavy (non-hydrogen) atoms. The van der Waals surface area contributed by atoms with Crippen LogP contribution in [0.15, 0.2) is 58.2 Å². The van der Waals surface area contributed by atoms with E-state index in [1.54, 1.807) is 0 Å². The Morgan fingerprint density at radius 2 is 1.96 bits per heavy atom. The van der Waals surface area contributed by atoms with Gasteiger partial charge in [-0.3, -0.25) is 9.89 Å². The second kappa shape index (κ2) is 8.51. The Balaban J connectivity index is 1.63. The van der Waals surface area contributed by atoms with Crippen molar-refractivity contribution in [2.75, 3.05) is 5.32 Å². The number of thioether (sulfide) groups is 1. The van der Waals surface area contributed by atoms with Gasteiger partial charge in [0.2, 0.25) is 11.1 Å². The second-order valence-corrected chi connectivity index (χ2v) is 7.91. The molecule has 0 saturated heterocycles. The molecule has 1 atom stereocenters. The van der Waals surface area contributed by atoms with Crippen LogP contribution in [0.3, 0.4) is 0 Å². The molecular formula is C19H19BrN4OS. The molecule has 1 unspecified atom stereocenters. The van der Waals surface area contributed by atoms with E-state index < -0.39 is 0 Å². The molecule has 3 aromatic rings. The number of carbonyl (C=O) groups is 1. The lowest BCUT2D eigenvalue weighted by Gasteiger charge is -2.10. The van der Waals surface area contributed by atoms with Crippen molar-refractivity contribution in [3.8, 4) is 11.4 Å². The van der Waals surface area contributed by atoms with Crippen molar-refractivity contribution in [2.24, 2.45) is 0 Å². The van der Waals surface area contributed by atoms with Gasteiger partial charge in [0.1, 0.15) is 0 Å². The summed E-state index contributed by atoms with van der Waals surface area (Å²) in [4.78, 5) is 16.9. The summed E-state index contributed by atoms with van der Waals surface area (Å²) in [5.74, 6) is 0.592. The van der Waals surface area contributed by atoms with Gasteiger partial charge in [0, 0.05) is 15.7 Å². The van der Waals surface area contributed by atoms with E-state index in [-0.39, 0.29) is 11.2 Å². The molecule has 1 heterocycles. The highest BCUT2D eigenvalue weighted by Gasteiger charge is 2.18. The maximum Gasteiger partial charge on any atom is 0.237 e. The number of aromatic nitrogens is 3. The first-order chi connectivity index (χ1) is 12.6. The molecule has 0 aliphatic carbocycles. The first-order valence-electron chi connectivity index (χ1n) is 8.30. The smallest absolute Gasteiger partial charge is 0.237 e. The SMILES string of the molecule is CCc1ccc(NC(=O)C(C)Sc2n[nH]c(-c3ccccc3Br)n2)cc1. The zero-order valence-electron chi connectivity index (χ0n) is 14.5. The summed E-state index contributed by atoms with van der Waals surface area (Å²) in [6, 6.07) is 15.7. The van der Waals surface area contributed by atoms with Gasteiger partial charge < -0.3 is 5.32 Å². The predicted molar refractivity (Wildman–Crippen MR) is 109 cm³/mol. The van der Waals surface area contributed by atoms with Crippen LogP contribution < -0.4 is 5.32 Å². The predicted octanol–water partition coefficient (Wildman–Crippen LogP) is 4.92. The lowest BCUT2D eigenvalue weighted by molar-refractivity contribution is -0.115. The zero-order chi connectivity index (χ0) is 18.5. The molecule has 0 saturated carbocycles. The number of aryl methyl sites for hydroxylation is 1. The average molecular weight is 431 g/mol. The summed E-state index contributed by atoms with van der Waals surface area (Å²) in [7, 11) is 0. The molecule has 7 heteroatoms. The van der Waals surface area contributed by atoms with E-state index in [2.05, 4.69) is 43.4 Å². The number of H-pyrrole nitrogens is 1. The number of nitrogens with one attached hydrogen (secondary N) is 2.